The summed E-state index contributed by atoms with van der Waals surface area (Å²) in [6.45, 7) is 4.69. The van der Waals surface area contributed by atoms with Crippen molar-refractivity contribution in [1.29, 1.82) is 10.5 Å². The molecule has 2 heterocycles. The number of hydrogen-bond donors (Lipinski definition) is 5. The molecule has 17 heteroatoms. The third-order valence-electron chi connectivity index (χ3n) is 11.3. The first-order chi connectivity index (χ1) is 33.7. The molecule has 0 fully saturated rings. The maximum atomic E-state index is 11.1. The van der Waals surface area contributed by atoms with Crippen molar-refractivity contribution in [1.82, 2.24) is 15.3 Å². The summed E-state index contributed by atoms with van der Waals surface area (Å²) in [4.78, 5) is 30.4. The van der Waals surface area contributed by atoms with Gasteiger partial charge in [-0.1, -0.05) is 53.5 Å². The van der Waals surface area contributed by atoms with Gasteiger partial charge >= 0.3 is 11.9 Å². The molecule has 6 rings (SSSR count). The van der Waals surface area contributed by atoms with Crippen LogP contribution in [-0.4, -0.2) is 61.1 Å². The summed E-state index contributed by atoms with van der Waals surface area (Å²) in [7, 11) is 0. The molecule has 0 spiro atoms. The molecule has 0 bridgehead atoms. The molecule has 0 aliphatic carbocycles. The van der Waals surface area contributed by atoms with Gasteiger partial charge in [-0.25, -0.2) is 0 Å². The second-order valence-corrected chi connectivity index (χ2v) is 17.3. The minimum Gasteiger partial charge on any atom is -0.489 e. The molecule has 4 aromatic carbocycles. The number of aliphatic carboxylic acids is 2. The lowest BCUT2D eigenvalue weighted by atomic mass is 9.93. The molecular formula is C53H51Cl2N5O10. The van der Waals surface area contributed by atoms with Crippen molar-refractivity contribution < 1.29 is 49.0 Å². The van der Waals surface area contributed by atoms with Crippen molar-refractivity contribution in [3.63, 3.8) is 0 Å². The maximum absolute atomic E-state index is 11.1. The zero-order chi connectivity index (χ0) is 50.2. The van der Waals surface area contributed by atoms with Crippen LogP contribution >= 0.6 is 23.2 Å². The Morgan fingerprint density at radius 2 is 1.19 bits per heavy atom. The molecule has 0 aliphatic rings. The number of carboxylic acid groups (broad SMARTS) is 2. The Kier molecular flexibility index (Phi) is 18.9. The fourth-order valence-corrected chi connectivity index (χ4v) is 8.08. The highest BCUT2D eigenvalue weighted by Gasteiger charge is 2.19. The van der Waals surface area contributed by atoms with Gasteiger partial charge in [-0.3, -0.25) is 19.6 Å². The number of pyridine rings is 2. The Hall–Kier alpha value is -7.24. The zero-order valence-electron chi connectivity index (χ0n) is 38.5. The van der Waals surface area contributed by atoms with Gasteiger partial charge in [0.1, 0.15) is 61.6 Å². The minimum atomic E-state index is -1.11. The third kappa shape index (κ3) is 14.9. The van der Waals surface area contributed by atoms with Crippen LogP contribution in [0.3, 0.4) is 0 Å². The summed E-state index contributed by atoms with van der Waals surface area (Å²) in [6.07, 6.45) is 4.50. The van der Waals surface area contributed by atoms with Gasteiger partial charge < -0.3 is 44.7 Å². The van der Waals surface area contributed by atoms with Crippen LogP contribution in [0.1, 0.15) is 81.3 Å². The summed E-state index contributed by atoms with van der Waals surface area (Å²) in [5.74, 6) is -0.229. The van der Waals surface area contributed by atoms with E-state index in [-0.39, 0.29) is 52.4 Å². The van der Waals surface area contributed by atoms with E-state index in [1.807, 2.05) is 50.2 Å². The van der Waals surface area contributed by atoms with E-state index < -0.39 is 30.6 Å². The lowest BCUT2D eigenvalue weighted by Gasteiger charge is -2.19. The highest BCUT2D eigenvalue weighted by molar-refractivity contribution is 6.32. The average molecular weight is 989 g/mol. The molecule has 70 heavy (non-hydrogen) atoms. The molecule has 0 aliphatic heterocycles. The van der Waals surface area contributed by atoms with Gasteiger partial charge in [-0.15, -0.1) is 0 Å². The van der Waals surface area contributed by atoms with Crippen LogP contribution in [0, 0.1) is 36.5 Å². The van der Waals surface area contributed by atoms with Crippen LogP contribution in [-0.2, 0) is 49.0 Å². The van der Waals surface area contributed by atoms with Crippen molar-refractivity contribution in [2.75, 3.05) is 6.54 Å². The number of benzene rings is 4. The molecule has 15 nitrogen and oxygen atoms in total. The summed E-state index contributed by atoms with van der Waals surface area (Å²) in [5, 5.41) is 60.9. The van der Waals surface area contributed by atoms with E-state index >= 15 is 0 Å². The second kappa shape index (κ2) is 25.4. The molecule has 362 valence electrons. The Bertz CT molecular complexity index is 2710. The molecule has 2 atom stereocenters. The van der Waals surface area contributed by atoms with Crippen molar-refractivity contribution in [2.24, 2.45) is 0 Å². The lowest BCUT2D eigenvalue weighted by molar-refractivity contribution is -0.140. The van der Waals surface area contributed by atoms with Crippen LogP contribution < -0.4 is 24.3 Å². The number of nitrogens with one attached hydrogen (secondary N) is 1. The van der Waals surface area contributed by atoms with Gasteiger partial charge in [0.05, 0.1) is 41.2 Å². The highest BCUT2D eigenvalue weighted by Crippen LogP contribution is 2.38. The van der Waals surface area contributed by atoms with Crippen LogP contribution in [0.2, 0.25) is 10.0 Å². The van der Waals surface area contributed by atoms with Crippen molar-refractivity contribution >= 4 is 35.1 Å². The summed E-state index contributed by atoms with van der Waals surface area (Å²) in [6, 6.07) is 26.3. The first-order valence-corrected chi connectivity index (χ1v) is 23.0. The number of ether oxygens (including phenoxy) is 4. The van der Waals surface area contributed by atoms with Gasteiger partial charge in [-0.05, 0) is 103 Å². The average Bonchev–Trinajstić information content (AvgIpc) is 3.33. The number of carboxylic acids is 2. The maximum Gasteiger partial charge on any atom is 0.306 e. The number of aliphatic hydroxyl groups is 2. The standard InChI is InChI=1S/C53H51Cl2N5O10/c1-32-39(30-70-51-19-50(68-29-37-13-35(21-57)23-59-25-37)38(14-47(51)55)6-3-8-42(61)17-52(63)64)7-4-9-44(32)45-10-5-11-48(33(45)2)69-31-41-16-49(67-28-36-12-34(20-56)22-58-24-36)40(15-46(41)54)26-60-27-43(62)18-53(65)66/h4-5,7,9-16,19,22-25,42-43,60-62H,3,6,8,17-18,26-31H2,1-2H3,(H,63,64)(H,65,66)/t42-,43+/m1/s1. The van der Waals surface area contributed by atoms with Gasteiger partial charge in [-0.2, -0.15) is 10.5 Å². The molecule has 0 radical (unpaired) electrons. The van der Waals surface area contributed by atoms with E-state index in [2.05, 4.69) is 27.4 Å². The number of rotatable bonds is 25. The quantitative estimate of drug-likeness (QED) is 0.0359. The largest absolute Gasteiger partial charge is 0.489 e. The second-order valence-electron chi connectivity index (χ2n) is 16.5. The van der Waals surface area contributed by atoms with Crippen molar-refractivity contribution in [2.45, 2.75) is 91.1 Å². The monoisotopic (exact) mass is 987 g/mol. The predicted octanol–water partition coefficient (Wildman–Crippen LogP) is 9.21. The molecule has 2 aromatic heterocycles. The topological polar surface area (TPSA) is 237 Å². The highest BCUT2D eigenvalue weighted by atomic mass is 35.5. The number of halogens is 2. The van der Waals surface area contributed by atoms with Crippen molar-refractivity contribution in [3.05, 3.63) is 163 Å². The van der Waals surface area contributed by atoms with Gasteiger partial charge in [0.15, 0.2) is 0 Å². The number of nitriles is 2. The van der Waals surface area contributed by atoms with Crippen LogP contribution in [0.4, 0.5) is 0 Å². The van der Waals surface area contributed by atoms with Crippen LogP contribution in [0.25, 0.3) is 11.1 Å². The first-order valence-electron chi connectivity index (χ1n) is 22.2. The summed E-state index contributed by atoms with van der Waals surface area (Å²) >= 11 is 13.6. The fraction of sp³-hybridized carbons (Fsp3) is 0.283. The Labute approximate surface area is 415 Å². The first kappa shape index (κ1) is 52.1. The number of nitrogens with zero attached hydrogens (tertiary/aromatic N) is 4. The Balaban J connectivity index is 1.18. The smallest absolute Gasteiger partial charge is 0.306 e. The number of aliphatic hydroxyl groups excluding tert-OH is 2. The normalized spacial score (nSPS) is 11.8. The third-order valence-corrected chi connectivity index (χ3v) is 11.9. The molecule has 0 saturated carbocycles. The van der Waals surface area contributed by atoms with E-state index in [0.29, 0.717) is 79.3 Å². The van der Waals surface area contributed by atoms with E-state index in [4.69, 9.17) is 52.4 Å². The molecular weight excluding hydrogens is 938 g/mol. The molecule has 5 N–H and O–H groups in total. The zero-order valence-corrected chi connectivity index (χ0v) is 40.0. The molecule has 0 saturated heterocycles. The molecule has 0 unspecified atom stereocenters. The SMILES string of the molecule is Cc1c(COc2cc(OCc3cncc(C#N)c3)c(CCC[C@@H](O)CC(=O)O)cc2Cl)cccc1-c1cccc(OCc2cc(OCc3cncc(C#N)c3)c(CNC[C@@H](O)CC(=O)O)cc2Cl)c1C. The number of aromatic nitrogens is 2. The van der Waals surface area contributed by atoms with E-state index in [1.165, 1.54) is 12.4 Å². The predicted molar refractivity (Wildman–Crippen MR) is 261 cm³/mol. The van der Waals surface area contributed by atoms with E-state index in [0.717, 1.165) is 33.4 Å². The Morgan fingerprint density at radius 1 is 0.629 bits per heavy atom. The van der Waals surface area contributed by atoms with Crippen LogP contribution in [0.15, 0.2) is 97.6 Å². The fourth-order valence-electron chi connectivity index (χ4n) is 7.60. The number of carbonyl (C=O) groups is 2. The number of hydrogen-bond acceptors (Lipinski definition) is 13. The Morgan fingerprint density at radius 3 is 1.83 bits per heavy atom. The van der Waals surface area contributed by atoms with E-state index in [9.17, 15) is 30.3 Å². The minimum absolute atomic E-state index is 0.0288. The summed E-state index contributed by atoms with van der Waals surface area (Å²) in [5.41, 5.74) is 8.83. The molecule has 6 aromatic rings. The van der Waals surface area contributed by atoms with Gasteiger partial charge in [0, 0.05) is 71.2 Å². The number of aryl methyl sites for hydroxylation is 1. The van der Waals surface area contributed by atoms with Crippen molar-refractivity contribution in [3.8, 4) is 46.3 Å². The van der Waals surface area contributed by atoms with Gasteiger partial charge in [0.25, 0.3) is 0 Å². The lowest BCUT2D eigenvalue weighted by Crippen LogP contribution is -2.28. The van der Waals surface area contributed by atoms with Crippen LogP contribution in [0.5, 0.6) is 23.0 Å². The molecule has 0 amide bonds. The van der Waals surface area contributed by atoms with E-state index in [1.54, 1.807) is 48.8 Å². The summed E-state index contributed by atoms with van der Waals surface area (Å²) < 4.78 is 25.3. The van der Waals surface area contributed by atoms with Gasteiger partial charge in [0.2, 0.25) is 0 Å².